The number of hydrogen-bond donors (Lipinski definition) is 1. The maximum atomic E-state index is 6.04. The van der Waals surface area contributed by atoms with Crippen molar-refractivity contribution >= 4 is 22.6 Å². The molecule has 2 aromatic rings. The minimum absolute atomic E-state index is 0.291. The first kappa shape index (κ1) is 12.0. The van der Waals surface area contributed by atoms with Gasteiger partial charge in [-0.1, -0.05) is 18.0 Å². The molecule has 1 aliphatic rings. The van der Waals surface area contributed by atoms with Crippen LogP contribution in [0.2, 0.25) is 5.02 Å². The minimum atomic E-state index is 0.291. The van der Waals surface area contributed by atoms with Gasteiger partial charge in [0.05, 0.1) is 11.0 Å². The highest BCUT2D eigenvalue weighted by Gasteiger charge is 2.36. The lowest BCUT2D eigenvalue weighted by Gasteiger charge is -2.40. The summed E-state index contributed by atoms with van der Waals surface area (Å²) in [4.78, 5) is 4.72. The van der Waals surface area contributed by atoms with Gasteiger partial charge in [-0.05, 0) is 43.0 Å². The van der Waals surface area contributed by atoms with Crippen LogP contribution in [0.3, 0.4) is 0 Å². The molecule has 4 heteroatoms. The Morgan fingerprint density at radius 2 is 2.22 bits per heavy atom. The van der Waals surface area contributed by atoms with Crippen molar-refractivity contribution in [2.24, 2.45) is 18.2 Å². The lowest BCUT2D eigenvalue weighted by molar-refractivity contribution is 0.140. The van der Waals surface area contributed by atoms with Crippen molar-refractivity contribution in [1.29, 1.82) is 0 Å². The highest BCUT2D eigenvalue weighted by molar-refractivity contribution is 6.31. The second-order valence-corrected chi connectivity index (χ2v) is 5.89. The quantitative estimate of drug-likeness (QED) is 0.925. The fourth-order valence-electron chi connectivity index (χ4n) is 2.84. The standard InChI is InChI=1S/C14H18ClN3/c1-18-12-7-10(15)3-4-11(12)17-13(18)8-14(9-16)5-2-6-14/h3-4,7H,2,5-6,8-9,16H2,1H3. The molecule has 1 fully saturated rings. The number of rotatable bonds is 3. The van der Waals surface area contributed by atoms with Gasteiger partial charge in [-0.25, -0.2) is 4.98 Å². The van der Waals surface area contributed by atoms with Gasteiger partial charge in [0, 0.05) is 18.5 Å². The Hall–Kier alpha value is -1.06. The molecule has 3 nitrogen and oxygen atoms in total. The molecule has 0 spiro atoms. The third-order valence-corrected chi connectivity index (χ3v) is 4.55. The smallest absolute Gasteiger partial charge is 0.110 e. The molecule has 0 atom stereocenters. The molecule has 18 heavy (non-hydrogen) atoms. The van der Waals surface area contributed by atoms with Gasteiger partial charge in [0.1, 0.15) is 5.82 Å². The highest BCUT2D eigenvalue weighted by Crippen LogP contribution is 2.42. The molecule has 1 aromatic carbocycles. The predicted molar refractivity (Wildman–Crippen MR) is 74.8 cm³/mol. The van der Waals surface area contributed by atoms with Gasteiger partial charge < -0.3 is 10.3 Å². The third kappa shape index (κ3) is 1.82. The van der Waals surface area contributed by atoms with E-state index in [1.54, 1.807) is 0 Å². The number of nitrogens with two attached hydrogens (primary N) is 1. The summed E-state index contributed by atoms with van der Waals surface area (Å²) in [7, 11) is 2.06. The van der Waals surface area contributed by atoms with Gasteiger partial charge in [0.15, 0.2) is 0 Å². The van der Waals surface area contributed by atoms with Crippen LogP contribution in [-0.4, -0.2) is 16.1 Å². The van der Waals surface area contributed by atoms with E-state index in [2.05, 4.69) is 11.6 Å². The molecule has 1 saturated carbocycles. The average Bonchev–Trinajstić information content (AvgIpc) is 2.61. The average molecular weight is 264 g/mol. The number of fused-ring (bicyclic) bond motifs is 1. The topological polar surface area (TPSA) is 43.8 Å². The summed E-state index contributed by atoms with van der Waals surface area (Å²) >= 11 is 6.04. The fraction of sp³-hybridized carbons (Fsp3) is 0.500. The second kappa shape index (κ2) is 4.25. The Kier molecular flexibility index (Phi) is 2.83. The van der Waals surface area contributed by atoms with Crippen LogP contribution < -0.4 is 5.73 Å². The van der Waals surface area contributed by atoms with Gasteiger partial charge in [-0.3, -0.25) is 0 Å². The Morgan fingerprint density at radius 1 is 1.44 bits per heavy atom. The molecule has 0 radical (unpaired) electrons. The highest BCUT2D eigenvalue weighted by atomic mass is 35.5. The van der Waals surface area contributed by atoms with E-state index < -0.39 is 0 Å². The predicted octanol–water partition coefficient (Wildman–Crippen LogP) is 2.90. The molecule has 0 amide bonds. The van der Waals surface area contributed by atoms with Crippen LogP contribution in [-0.2, 0) is 13.5 Å². The maximum absolute atomic E-state index is 6.04. The molecule has 3 rings (SSSR count). The summed E-state index contributed by atoms with van der Waals surface area (Å²) in [5, 5.41) is 0.759. The number of imidazole rings is 1. The van der Waals surface area contributed by atoms with E-state index in [0.717, 1.165) is 34.8 Å². The first-order valence-corrected chi connectivity index (χ1v) is 6.82. The van der Waals surface area contributed by atoms with Gasteiger partial charge in [-0.15, -0.1) is 0 Å². The number of aromatic nitrogens is 2. The first-order chi connectivity index (χ1) is 8.63. The van der Waals surface area contributed by atoms with Gasteiger partial charge in [0.25, 0.3) is 0 Å². The first-order valence-electron chi connectivity index (χ1n) is 6.44. The molecule has 1 aliphatic carbocycles. The molecule has 0 unspecified atom stereocenters. The van der Waals surface area contributed by atoms with Crippen LogP contribution in [0.25, 0.3) is 11.0 Å². The summed E-state index contributed by atoms with van der Waals surface area (Å²) < 4.78 is 2.15. The SMILES string of the molecule is Cn1c(CC2(CN)CCC2)nc2ccc(Cl)cc21. The van der Waals surface area contributed by atoms with E-state index in [0.29, 0.717) is 5.41 Å². The molecule has 1 aromatic heterocycles. The zero-order valence-corrected chi connectivity index (χ0v) is 11.4. The van der Waals surface area contributed by atoms with Crippen LogP contribution in [0, 0.1) is 5.41 Å². The Labute approximate surface area is 112 Å². The van der Waals surface area contributed by atoms with Crippen molar-refractivity contribution in [3.63, 3.8) is 0 Å². The lowest BCUT2D eigenvalue weighted by atomic mass is 9.66. The van der Waals surface area contributed by atoms with Crippen molar-refractivity contribution < 1.29 is 0 Å². The zero-order chi connectivity index (χ0) is 12.8. The van der Waals surface area contributed by atoms with E-state index in [9.17, 15) is 0 Å². The summed E-state index contributed by atoms with van der Waals surface area (Å²) in [6, 6.07) is 5.85. The summed E-state index contributed by atoms with van der Waals surface area (Å²) in [6.45, 7) is 0.761. The second-order valence-electron chi connectivity index (χ2n) is 5.45. The molecule has 0 bridgehead atoms. The van der Waals surface area contributed by atoms with Crippen molar-refractivity contribution in [3.8, 4) is 0 Å². The van der Waals surface area contributed by atoms with Gasteiger partial charge in [-0.2, -0.15) is 0 Å². The third-order valence-electron chi connectivity index (χ3n) is 4.32. The van der Waals surface area contributed by atoms with E-state index >= 15 is 0 Å². The van der Waals surface area contributed by atoms with Gasteiger partial charge >= 0.3 is 0 Å². The van der Waals surface area contributed by atoms with E-state index in [-0.39, 0.29) is 0 Å². The summed E-state index contributed by atoms with van der Waals surface area (Å²) in [5.74, 6) is 1.12. The molecular formula is C14H18ClN3. The summed E-state index contributed by atoms with van der Waals surface area (Å²) in [5.41, 5.74) is 8.34. The fourth-order valence-corrected chi connectivity index (χ4v) is 3.00. The minimum Gasteiger partial charge on any atom is -0.331 e. The maximum Gasteiger partial charge on any atom is 0.110 e. The number of benzene rings is 1. The number of nitrogens with zero attached hydrogens (tertiary/aromatic N) is 2. The Bertz CT molecular complexity index is 578. The molecule has 96 valence electrons. The van der Waals surface area contributed by atoms with Crippen LogP contribution >= 0.6 is 11.6 Å². The van der Waals surface area contributed by atoms with E-state index in [1.807, 2.05) is 18.2 Å². The van der Waals surface area contributed by atoms with Crippen LogP contribution in [0.5, 0.6) is 0 Å². The van der Waals surface area contributed by atoms with Crippen molar-refractivity contribution in [2.75, 3.05) is 6.54 Å². The molecular weight excluding hydrogens is 246 g/mol. The lowest BCUT2D eigenvalue weighted by Crippen LogP contribution is -2.39. The van der Waals surface area contributed by atoms with Crippen molar-refractivity contribution in [3.05, 3.63) is 29.0 Å². The molecule has 2 N–H and O–H groups in total. The number of halogens is 1. The Balaban J connectivity index is 1.99. The molecule has 1 heterocycles. The number of hydrogen-bond acceptors (Lipinski definition) is 2. The van der Waals surface area contributed by atoms with Gasteiger partial charge in [0.2, 0.25) is 0 Å². The van der Waals surface area contributed by atoms with Crippen LogP contribution in [0.15, 0.2) is 18.2 Å². The van der Waals surface area contributed by atoms with Crippen LogP contribution in [0.4, 0.5) is 0 Å². The Morgan fingerprint density at radius 3 is 2.83 bits per heavy atom. The van der Waals surface area contributed by atoms with E-state index in [4.69, 9.17) is 22.3 Å². The molecule has 0 saturated heterocycles. The largest absolute Gasteiger partial charge is 0.331 e. The van der Waals surface area contributed by atoms with E-state index in [1.165, 1.54) is 19.3 Å². The number of aryl methyl sites for hydroxylation is 1. The van der Waals surface area contributed by atoms with Crippen LogP contribution in [0.1, 0.15) is 25.1 Å². The summed E-state index contributed by atoms with van der Waals surface area (Å²) in [6.07, 6.45) is 4.74. The molecule has 0 aliphatic heterocycles. The normalized spacial score (nSPS) is 17.9. The monoisotopic (exact) mass is 263 g/mol. The van der Waals surface area contributed by atoms with Crippen molar-refractivity contribution in [2.45, 2.75) is 25.7 Å². The van der Waals surface area contributed by atoms with Crippen molar-refractivity contribution in [1.82, 2.24) is 9.55 Å². The zero-order valence-electron chi connectivity index (χ0n) is 10.6.